The van der Waals surface area contributed by atoms with Gasteiger partial charge in [-0.25, -0.2) is 4.79 Å². The minimum atomic E-state index is -0.117. The van der Waals surface area contributed by atoms with Gasteiger partial charge in [0.05, 0.1) is 7.11 Å². The van der Waals surface area contributed by atoms with Gasteiger partial charge in [-0.3, -0.25) is 0 Å². The van der Waals surface area contributed by atoms with Gasteiger partial charge in [0.2, 0.25) is 0 Å². The van der Waals surface area contributed by atoms with E-state index in [0.29, 0.717) is 19.0 Å². The van der Waals surface area contributed by atoms with Crippen LogP contribution >= 0.6 is 0 Å². The lowest BCUT2D eigenvalue weighted by Gasteiger charge is -2.18. The first kappa shape index (κ1) is 17.1. The highest BCUT2D eigenvalue weighted by Crippen LogP contribution is 2.22. The Labute approximate surface area is 149 Å². The Hall–Kier alpha value is -2.69. The lowest BCUT2D eigenvalue weighted by molar-refractivity contribution is 0.239. The fraction of sp³-hybridized carbons (Fsp3) is 0.350. The molecule has 25 heavy (non-hydrogen) atoms. The highest BCUT2D eigenvalue weighted by molar-refractivity contribution is 5.73. The van der Waals surface area contributed by atoms with Crippen LogP contribution in [0.1, 0.15) is 12.0 Å². The summed E-state index contributed by atoms with van der Waals surface area (Å²) in [4.78, 5) is 14.4. The Morgan fingerprint density at radius 2 is 1.88 bits per heavy atom. The third-order valence-corrected chi connectivity index (χ3v) is 4.57. The summed E-state index contributed by atoms with van der Waals surface area (Å²) < 4.78 is 5.13. The normalized spacial score (nSPS) is 16.5. The number of urea groups is 1. The van der Waals surface area contributed by atoms with Gasteiger partial charge in [0.1, 0.15) is 5.75 Å². The van der Waals surface area contributed by atoms with Crippen LogP contribution in [0.3, 0.4) is 0 Å². The average molecular weight is 339 g/mol. The molecule has 1 aliphatic heterocycles. The van der Waals surface area contributed by atoms with Crippen molar-refractivity contribution in [2.45, 2.75) is 13.0 Å². The molecule has 2 amide bonds. The van der Waals surface area contributed by atoms with Crippen LogP contribution in [0, 0.1) is 5.92 Å². The van der Waals surface area contributed by atoms with Gasteiger partial charge in [0.25, 0.3) is 0 Å². The molecule has 2 aromatic rings. The van der Waals surface area contributed by atoms with Gasteiger partial charge in [-0.05, 0) is 42.2 Å². The van der Waals surface area contributed by atoms with E-state index in [1.807, 2.05) is 30.3 Å². The number of nitrogens with one attached hydrogen (secondary N) is 2. The fourth-order valence-corrected chi connectivity index (χ4v) is 3.10. The first-order valence-corrected chi connectivity index (χ1v) is 8.69. The van der Waals surface area contributed by atoms with E-state index >= 15 is 0 Å². The van der Waals surface area contributed by atoms with Crippen LogP contribution in [0.25, 0.3) is 0 Å². The second-order valence-electron chi connectivity index (χ2n) is 6.35. The van der Waals surface area contributed by atoms with Crippen LogP contribution in [0.4, 0.5) is 10.5 Å². The van der Waals surface area contributed by atoms with Gasteiger partial charge in [0, 0.05) is 31.9 Å². The lowest BCUT2D eigenvalue weighted by atomic mass is 10.1. The van der Waals surface area contributed by atoms with Crippen LogP contribution in [0.15, 0.2) is 54.6 Å². The van der Waals surface area contributed by atoms with Gasteiger partial charge >= 0.3 is 6.03 Å². The van der Waals surface area contributed by atoms with Gasteiger partial charge in [-0.1, -0.05) is 30.3 Å². The maximum Gasteiger partial charge on any atom is 0.315 e. The van der Waals surface area contributed by atoms with E-state index in [4.69, 9.17) is 4.74 Å². The van der Waals surface area contributed by atoms with Crippen molar-refractivity contribution in [1.29, 1.82) is 0 Å². The molecule has 0 saturated carbocycles. The summed E-state index contributed by atoms with van der Waals surface area (Å²) in [5, 5.41) is 5.89. The summed E-state index contributed by atoms with van der Waals surface area (Å²) in [5.41, 5.74) is 2.31. The Morgan fingerprint density at radius 3 is 2.60 bits per heavy atom. The number of benzene rings is 2. The molecule has 0 aromatic heterocycles. The topological polar surface area (TPSA) is 53.6 Å². The fourth-order valence-electron chi connectivity index (χ4n) is 3.10. The van der Waals surface area contributed by atoms with Crippen LogP contribution in [-0.4, -0.2) is 32.8 Å². The second kappa shape index (κ2) is 8.42. The maximum absolute atomic E-state index is 12.0. The van der Waals surface area contributed by atoms with Crippen molar-refractivity contribution in [3.05, 3.63) is 60.2 Å². The number of para-hydroxylation sites is 1. The third-order valence-electron chi connectivity index (χ3n) is 4.57. The van der Waals surface area contributed by atoms with E-state index in [0.717, 1.165) is 30.8 Å². The molecule has 1 unspecified atom stereocenters. The van der Waals surface area contributed by atoms with Crippen molar-refractivity contribution < 1.29 is 9.53 Å². The first-order chi connectivity index (χ1) is 12.2. The lowest BCUT2D eigenvalue weighted by Crippen LogP contribution is -2.38. The Kier molecular flexibility index (Phi) is 5.77. The van der Waals surface area contributed by atoms with Crippen LogP contribution < -0.4 is 20.3 Å². The molecule has 1 fully saturated rings. The molecule has 0 spiro atoms. The molecule has 5 heteroatoms. The van der Waals surface area contributed by atoms with E-state index in [9.17, 15) is 4.79 Å². The molecule has 132 valence electrons. The summed E-state index contributed by atoms with van der Waals surface area (Å²) in [7, 11) is 1.64. The van der Waals surface area contributed by atoms with E-state index in [1.54, 1.807) is 7.11 Å². The zero-order chi connectivity index (χ0) is 17.5. The number of ether oxygens (including phenoxy) is 1. The molecule has 1 heterocycles. The van der Waals surface area contributed by atoms with Crippen molar-refractivity contribution in [1.82, 2.24) is 10.6 Å². The molecule has 0 aliphatic carbocycles. The molecule has 3 rings (SSSR count). The number of carbonyl (C=O) groups is 1. The minimum Gasteiger partial charge on any atom is -0.497 e. The van der Waals surface area contributed by atoms with E-state index < -0.39 is 0 Å². The Balaban J connectivity index is 1.38. The highest BCUT2D eigenvalue weighted by Gasteiger charge is 2.22. The largest absolute Gasteiger partial charge is 0.497 e. The van der Waals surface area contributed by atoms with Crippen molar-refractivity contribution in [3.63, 3.8) is 0 Å². The predicted molar refractivity (Wildman–Crippen MR) is 100.0 cm³/mol. The molecule has 1 aliphatic rings. The molecule has 2 aromatic carbocycles. The zero-order valence-electron chi connectivity index (χ0n) is 14.6. The Morgan fingerprint density at radius 1 is 1.12 bits per heavy atom. The van der Waals surface area contributed by atoms with Gasteiger partial charge in [-0.15, -0.1) is 0 Å². The van der Waals surface area contributed by atoms with Crippen molar-refractivity contribution in [2.24, 2.45) is 5.92 Å². The summed E-state index contributed by atoms with van der Waals surface area (Å²) >= 11 is 0. The van der Waals surface area contributed by atoms with Crippen molar-refractivity contribution >= 4 is 11.7 Å². The number of hydrogen-bond acceptors (Lipinski definition) is 3. The number of methoxy groups -OCH3 is 1. The van der Waals surface area contributed by atoms with Crippen LogP contribution in [0.5, 0.6) is 5.75 Å². The molecule has 0 radical (unpaired) electrons. The molecule has 1 saturated heterocycles. The smallest absolute Gasteiger partial charge is 0.315 e. The molecule has 1 atom stereocenters. The van der Waals surface area contributed by atoms with Gasteiger partial charge in [-0.2, -0.15) is 0 Å². The standard InChI is InChI=1S/C20H25N3O2/c1-25-19-9-7-16(8-10-19)13-21-20(24)22-14-17-11-12-23(15-17)18-5-3-2-4-6-18/h2-10,17H,11-15H2,1H3,(H2,21,22,24). The minimum absolute atomic E-state index is 0.117. The molecular formula is C20H25N3O2. The van der Waals surface area contributed by atoms with Gasteiger partial charge < -0.3 is 20.3 Å². The Bertz CT molecular complexity index is 673. The van der Waals surface area contributed by atoms with E-state index in [1.165, 1.54) is 5.69 Å². The molecular weight excluding hydrogens is 314 g/mol. The summed E-state index contributed by atoms with van der Waals surface area (Å²) in [6.45, 7) is 3.25. The number of anilines is 1. The monoisotopic (exact) mass is 339 g/mol. The van der Waals surface area contributed by atoms with Gasteiger partial charge in [0.15, 0.2) is 0 Å². The van der Waals surface area contributed by atoms with Crippen LogP contribution in [-0.2, 0) is 6.54 Å². The van der Waals surface area contributed by atoms with Crippen molar-refractivity contribution in [3.8, 4) is 5.75 Å². The van der Waals surface area contributed by atoms with E-state index in [2.05, 4.69) is 39.8 Å². The second-order valence-corrected chi connectivity index (χ2v) is 6.35. The highest BCUT2D eigenvalue weighted by atomic mass is 16.5. The average Bonchev–Trinajstić information content (AvgIpc) is 3.15. The number of carbonyl (C=O) groups excluding carboxylic acids is 1. The number of amides is 2. The molecule has 2 N–H and O–H groups in total. The number of rotatable bonds is 6. The van der Waals surface area contributed by atoms with Crippen molar-refractivity contribution in [2.75, 3.05) is 31.6 Å². The number of hydrogen-bond donors (Lipinski definition) is 2. The zero-order valence-corrected chi connectivity index (χ0v) is 14.6. The van der Waals surface area contributed by atoms with E-state index in [-0.39, 0.29) is 6.03 Å². The summed E-state index contributed by atoms with van der Waals surface area (Å²) in [6.07, 6.45) is 1.10. The first-order valence-electron chi connectivity index (χ1n) is 8.69. The molecule has 5 nitrogen and oxygen atoms in total. The van der Waals surface area contributed by atoms with Crippen LogP contribution in [0.2, 0.25) is 0 Å². The predicted octanol–water partition coefficient (Wildman–Crippen LogP) is 3.02. The number of nitrogens with zero attached hydrogens (tertiary/aromatic N) is 1. The maximum atomic E-state index is 12.0. The quantitative estimate of drug-likeness (QED) is 0.851. The summed E-state index contributed by atoms with van der Waals surface area (Å²) in [5.74, 6) is 1.31. The summed E-state index contributed by atoms with van der Waals surface area (Å²) in [6, 6.07) is 18.0. The molecule has 0 bridgehead atoms. The third kappa shape index (κ3) is 4.89. The SMILES string of the molecule is COc1ccc(CNC(=O)NCC2CCN(c3ccccc3)C2)cc1.